The summed E-state index contributed by atoms with van der Waals surface area (Å²) in [5.74, 6) is 0.973. The molecule has 1 fully saturated rings. The molecule has 1 aromatic heterocycles. The monoisotopic (exact) mass is 272 g/mol. The first-order valence-corrected chi connectivity index (χ1v) is 7.42. The molecule has 2 aromatic rings. The van der Waals surface area contributed by atoms with Crippen LogP contribution in [0.1, 0.15) is 42.8 Å². The number of rotatable bonds is 4. The van der Waals surface area contributed by atoms with Crippen molar-refractivity contribution in [2.75, 3.05) is 6.61 Å². The topological polar surface area (TPSA) is 39.4 Å². The Labute approximate surface area is 118 Å². The number of carbonyl (C=O) groups excluding carboxylic acids is 1. The van der Waals surface area contributed by atoms with Crippen molar-refractivity contribution in [3.8, 4) is 0 Å². The Hall–Kier alpha value is -1.61. The lowest BCUT2D eigenvalue weighted by Gasteiger charge is -2.15. The standard InChI is InChI=1S/C17H20O3/c1-3-13-12(9-10-19-13)17(18)16-11-7-5-6-8-15(11)20-14(16)4-2/h5-8,12-13H,3-4,9-10H2,1-2H3. The predicted octanol–water partition coefficient (Wildman–Crippen LogP) is 3.99. The number of hydrogen-bond donors (Lipinski definition) is 0. The quantitative estimate of drug-likeness (QED) is 0.790. The van der Waals surface area contributed by atoms with Crippen LogP contribution >= 0.6 is 0 Å². The van der Waals surface area contributed by atoms with Crippen molar-refractivity contribution in [1.29, 1.82) is 0 Å². The van der Waals surface area contributed by atoms with Crippen LogP contribution in [0.4, 0.5) is 0 Å². The zero-order chi connectivity index (χ0) is 14.1. The van der Waals surface area contributed by atoms with Gasteiger partial charge in [-0.3, -0.25) is 4.79 Å². The molecule has 1 aliphatic rings. The highest BCUT2D eigenvalue weighted by molar-refractivity contribution is 6.09. The van der Waals surface area contributed by atoms with E-state index in [0.29, 0.717) is 6.61 Å². The van der Waals surface area contributed by atoms with E-state index in [4.69, 9.17) is 9.15 Å². The maximum absolute atomic E-state index is 12.9. The number of aryl methyl sites for hydroxylation is 1. The minimum Gasteiger partial charge on any atom is -0.460 e. The van der Waals surface area contributed by atoms with Crippen LogP contribution in [-0.2, 0) is 11.2 Å². The van der Waals surface area contributed by atoms with Crippen LogP contribution in [0.3, 0.4) is 0 Å². The van der Waals surface area contributed by atoms with E-state index in [-0.39, 0.29) is 17.8 Å². The van der Waals surface area contributed by atoms with Gasteiger partial charge in [0.15, 0.2) is 5.78 Å². The van der Waals surface area contributed by atoms with Crippen molar-refractivity contribution < 1.29 is 13.9 Å². The molecule has 2 atom stereocenters. The van der Waals surface area contributed by atoms with Crippen molar-refractivity contribution in [2.24, 2.45) is 5.92 Å². The van der Waals surface area contributed by atoms with Crippen LogP contribution in [0.25, 0.3) is 11.0 Å². The van der Waals surface area contributed by atoms with Gasteiger partial charge in [-0.25, -0.2) is 0 Å². The fourth-order valence-corrected chi connectivity index (χ4v) is 3.15. The normalized spacial score (nSPS) is 22.5. The Kier molecular flexibility index (Phi) is 3.62. The van der Waals surface area contributed by atoms with E-state index >= 15 is 0 Å². The molecule has 0 amide bonds. The van der Waals surface area contributed by atoms with Gasteiger partial charge >= 0.3 is 0 Å². The number of benzene rings is 1. The molecule has 0 radical (unpaired) electrons. The van der Waals surface area contributed by atoms with Crippen LogP contribution in [0.5, 0.6) is 0 Å². The van der Waals surface area contributed by atoms with Gasteiger partial charge in [-0.1, -0.05) is 32.0 Å². The average Bonchev–Trinajstić information content (AvgIpc) is 3.10. The number of fused-ring (bicyclic) bond motifs is 1. The third-order valence-corrected chi connectivity index (χ3v) is 4.18. The van der Waals surface area contributed by atoms with Gasteiger partial charge in [0.1, 0.15) is 11.3 Å². The van der Waals surface area contributed by atoms with E-state index < -0.39 is 0 Å². The molecule has 2 heterocycles. The van der Waals surface area contributed by atoms with E-state index in [1.807, 2.05) is 31.2 Å². The lowest BCUT2D eigenvalue weighted by Crippen LogP contribution is -2.24. The van der Waals surface area contributed by atoms with Crippen molar-refractivity contribution in [2.45, 2.75) is 39.2 Å². The Bertz CT molecular complexity index is 626. The van der Waals surface area contributed by atoms with Crippen molar-refractivity contribution in [3.05, 3.63) is 35.6 Å². The molecule has 20 heavy (non-hydrogen) atoms. The van der Waals surface area contributed by atoms with Crippen molar-refractivity contribution >= 4 is 16.8 Å². The molecule has 2 unspecified atom stereocenters. The second-order valence-corrected chi connectivity index (χ2v) is 5.33. The molecule has 0 aliphatic carbocycles. The predicted molar refractivity (Wildman–Crippen MR) is 78.1 cm³/mol. The summed E-state index contributed by atoms with van der Waals surface area (Å²) in [4.78, 5) is 12.9. The van der Waals surface area contributed by atoms with Crippen LogP contribution in [0.15, 0.2) is 28.7 Å². The van der Waals surface area contributed by atoms with E-state index in [9.17, 15) is 4.79 Å². The Morgan fingerprint density at radius 3 is 2.85 bits per heavy atom. The average molecular weight is 272 g/mol. The highest BCUT2D eigenvalue weighted by atomic mass is 16.5. The third-order valence-electron chi connectivity index (χ3n) is 4.18. The number of carbonyl (C=O) groups is 1. The SMILES string of the molecule is CCc1oc2ccccc2c1C(=O)C1CCOC1CC. The number of ether oxygens (including phenoxy) is 1. The lowest BCUT2D eigenvalue weighted by molar-refractivity contribution is 0.0689. The van der Waals surface area contributed by atoms with Gasteiger partial charge in [-0.05, 0) is 18.9 Å². The highest BCUT2D eigenvalue weighted by Crippen LogP contribution is 2.33. The Balaban J connectivity index is 2.06. The first-order chi connectivity index (χ1) is 9.76. The molecule has 1 aliphatic heterocycles. The summed E-state index contributed by atoms with van der Waals surface area (Å²) in [6.07, 6.45) is 2.49. The number of para-hydroxylation sites is 1. The molecule has 1 saturated heterocycles. The molecular weight excluding hydrogens is 252 g/mol. The number of hydrogen-bond acceptors (Lipinski definition) is 3. The Morgan fingerprint density at radius 2 is 2.10 bits per heavy atom. The fraction of sp³-hybridized carbons (Fsp3) is 0.471. The molecule has 0 bridgehead atoms. The van der Waals surface area contributed by atoms with Crippen LogP contribution in [-0.4, -0.2) is 18.5 Å². The molecule has 0 saturated carbocycles. The van der Waals surface area contributed by atoms with Gasteiger partial charge in [0.05, 0.1) is 17.6 Å². The minimum atomic E-state index is -0.0219. The zero-order valence-corrected chi connectivity index (χ0v) is 12.0. The molecule has 3 heteroatoms. The summed E-state index contributed by atoms with van der Waals surface area (Å²) in [5.41, 5.74) is 1.58. The maximum atomic E-state index is 12.9. The first-order valence-electron chi connectivity index (χ1n) is 7.42. The summed E-state index contributed by atoms with van der Waals surface area (Å²) < 4.78 is 11.5. The summed E-state index contributed by atoms with van der Waals surface area (Å²) >= 11 is 0. The number of furan rings is 1. The van der Waals surface area contributed by atoms with Crippen molar-refractivity contribution in [1.82, 2.24) is 0 Å². The van der Waals surface area contributed by atoms with Gasteiger partial charge < -0.3 is 9.15 Å². The maximum Gasteiger partial charge on any atom is 0.172 e. The molecule has 0 spiro atoms. The van der Waals surface area contributed by atoms with E-state index in [1.165, 1.54) is 0 Å². The van der Waals surface area contributed by atoms with Crippen LogP contribution in [0, 0.1) is 5.92 Å². The van der Waals surface area contributed by atoms with Crippen LogP contribution < -0.4 is 0 Å². The molecule has 3 nitrogen and oxygen atoms in total. The van der Waals surface area contributed by atoms with Gasteiger partial charge in [-0.15, -0.1) is 0 Å². The van der Waals surface area contributed by atoms with Crippen LogP contribution in [0.2, 0.25) is 0 Å². The summed E-state index contributed by atoms with van der Waals surface area (Å²) in [6.45, 7) is 4.79. The minimum absolute atomic E-state index is 0.0219. The first kappa shape index (κ1) is 13.4. The fourth-order valence-electron chi connectivity index (χ4n) is 3.15. The third kappa shape index (κ3) is 2.06. The summed E-state index contributed by atoms with van der Waals surface area (Å²) in [7, 11) is 0. The van der Waals surface area contributed by atoms with Gasteiger partial charge in [0.2, 0.25) is 0 Å². The number of Topliss-reactive ketones (excluding diaryl/α,β-unsaturated/α-hetero) is 1. The molecule has 106 valence electrons. The molecule has 1 aromatic carbocycles. The lowest BCUT2D eigenvalue weighted by atomic mass is 9.89. The van der Waals surface area contributed by atoms with Gasteiger partial charge in [-0.2, -0.15) is 0 Å². The second kappa shape index (κ2) is 5.41. The largest absolute Gasteiger partial charge is 0.460 e. The van der Waals surface area contributed by atoms with E-state index in [0.717, 1.165) is 41.6 Å². The van der Waals surface area contributed by atoms with E-state index in [2.05, 4.69) is 6.92 Å². The van der Waals surface area contributed by atoms with Gasteiger partial charge in [0, 0.05) is 18.4 Å². The Morgan fingerprint density at radius 1 is 1.30 bits per heavy atom. The van der Waals surface area contributed by atoms with Gasteiger partial charge in [0.25, 0.3) is 0 Å². The smallest absolute Gasteiger partial charge is 0.172 e. The van der Waals surface area contributed by atoms with E-state index in [1.54, 1.807) is 0 Å². The number of ketones is 1. The highest BCUT2D eigenvalue weighted by Gasteiger charge is 2.35. The molecule has 0 N–H and O–H groups in total. The van der Waals surface area contributed by atoms with Crippen molar-refractivity contribution in [3.63, 3.8) is 0 Å². The second-order valence-electron chi connectivity index (χ2n) is 5.33. The zero-order valence-electron chi connectivity index (χ0n) is 12.0. The molecule has 3 rings (SSSR count). The molecular formula is C17H20O3. The summed E-state index contributed by atoms with van der Waals surface area (Å²) in [6, 6.07) is 7.79. The summed E-state index contributed by atoms with van der Waals surface area (Å²) in [5, 5.41) is 0.941.